The van der Waals surface area contributed by atoms with E-state index < -0.39 is 8.80 Å². The second kappa shape index (κ2) is 6.18. The summed E-state index contributed by atoms with van der Waals surface area (Å²) in [5.41, 5.74) is 0.875. The molecule has 1 atom stereocenters. The first-order chi connectivity index (χ1) is 6.52. The van der Waals surface area contributed by atoms with E-state index in [2.05, 4.69) is 0 Å². The van der Waals surface area contributed by atoms with E-state index in [-0.39, 0.29) is 5.73 Å². The Morgan fingerprint density at radius 2 is 1.50 bits per heavy atom. The van der Waals surface area contributed by atoms with Gasteiger partial charge in [-0.25, -0.2) is 0 Å². The summed E-state index contributed by atoms with van der Waals surface area (Å²) >= 11 is 0. The van der Waals surface area contributed by atoms with Crippen molar-refractivity contribution in [3.8, 4) is 0 Å². The summed E-state index contributed by atoms with van der Waals surface area (Å²) in [6.45, 7) is 5.80. The molecule has 0 aromatic heterocycles. The van der Waals surface area contributed by atoms with Crippen LogP contribution in [0.15, 0.2) is 11.8 Å². The van der Waals surface area contributed by atoms with Gasteiger partial charge in [-0.1, -0.05) is 0 Å². The normalized spacial score (nSPS) is 13.6. The second-order valence-corrected chi connectivity index (χ2v) is 6.43. The van der Waals surface area contributed by atoms with Gasteiger partial charge in [-0.2, -0.15) is 0 Å². The summed E-state index contributed by atoms with van der Waals surface area (Å²) in [4.78, 5) is 0. The molecule has 0 aromatic rings. The molecule has 0 rings (SSSR count). The van der Waals surface area contributed by atoms with Crippen LogP contribution < -0.4 is 0 Å². The van der Waals surface area contributed by atoms with E-state index in [9.17, 15) is 0 Å². The predicted molar refractivity (Wildman–Crippen MR) is 56.8 cm³/mol. The molecule has 5 heteroatoms. The zero-order valence-corrected chi connectivity index (χ0v) is 10.8. The zero-order chi connectivity index (χ0) is 11.2. The quantitative estimate of drug-likeness (QED) is 0.504. The molecule has 0 saturated heterocycles. The van der Waals surface area contributed by atoms with Crippen LogP contribution in [0.25, 0.3) is 0 Å². The van der Waals surface area contributed by atoms with Crippen LogP contribution in [0.2, 0.25) is 0 Å². The molecule has 0 saturated carbocycles. The van der Waals surface area contributed by atoms with Crippen LogP contribution in [-0.2, 0) is 18.0 Å². The Balaban J connectivity index is 4.43. The van der Waals surface area contributed by atoms with Crippen molar-refractivity contribution in [1.82, 2.24) is 0 Å². The molecule has 84 valence electrons. The van der Waals surface area contributed by atoms with Crippen LogP contribution in [0.3, 0.4) is 0 Å². The van der Waals surface area contributed by atoms with Gasteiger partial charge in [0.1, 0.15) is 0 Å². The molecule has 0 heterocycles. The average Bonchev–Trinajstić information content (AvgIpc) is 2.18. The van der Waals surface area contributed by atoms with Gasteiger partial charge in [0.05, 0.1) is 6.26 Å². The van der Waals surface area contributed by atoms with Gasteiger partial charge in [-0.05, 0) is 26.3 Å². The highest BCUT2D eigenvalue weighted by Gasteiger charge is 2.46. The number of hydrogen-bond donors (Lipinski definition) is 0. The highest BCUT2D eigenvalue weighted by molar-refractivity contribution is 6.61. The van der Waals surface area contributed by atoms with E-state index in [1.165, 1.54) is 0 Å². The fourth-order valence-electron chi connectivity index (χ4n) is 1.07. The van der Waals surface area contributed by atoms with E-state index >= 15 is 0 Å². The van der Waals surface area contributed by atoms with Crippen LogP contribution in [0.5, 0.6) is 0 Å². The molecule has 0 aliphatic heterocycles. The largest absolute Gasteiger partial charge is 0.542 e. The van der Waals surface area contributed by atoms with E-state index in [1.807, 2.05) is 20.8 Å². The number of ether oxygens (including phenoxy) is 1. The molecule has 0 aromatic carbocycles. The Bertz CT molecular complexity index is 177. The SMILES string of the molecule is CO[Si](OC)(OC)C(C)OC=C(C)C. The molecule has 0 N–H and O–H groups in total. The molecule has 1 unspecified atom stereocenters. The van der Waals surface area contributed by atoms with Gasteiger partial charge in [0.15, 0.2) is 5.73 Å². The summed E-state index contributed by atoms with van der Waals surface area (Å²) in [5.74, 6) is 0. The van der Waals surface area contributed by atoms with Crippen LogP contribution >= 0.6 is 0 Å². The van der Waals surface area contributed by atoms with Crippen LogP contribution in [0.1, 0.15) is 20.8 Å². The summed E-state index contributed by atoms with van der Waals surface area (Å²) in [6.07, 6.45) is 1.68. The lowest BCUT2D eigenvalue weighted by atomic mass is 10.4. The molecule has 0 aliphatic rings. The van der Waals surface area contributed by atoms with Crippen molar-refractivity contribution in [2.24, 2.45) is 0 Å². The Kier molecular flexibility index (Phi) is 6.02. The molecule has 0 amide bonds. The summed E-state index contributed by atoms with van der Waals surface area (Å²) in [5, 5.41) is 0. The summed E-state index contributed by atoms with van der Waals surface area (Å²) in [7, 11) is 2.06. The summed E-state index contributed by atoms with van der Waals surface area (Å²) < 4.78 is 21.3. The Labute approximate surface area is 87.2 Å². The van der Waals surface area contributed by atoms with Crippen LogP contribution in [-0.4, -0.2) is 35.9 Å². The maximum Gasteiger partial charge on any atom is 0.542 e. The molecule has 0 radical (unpaired) electrons. The highest BCUT2D eigenvalue weighted by atomic mass is 28.4. The van der Waals surface area contributed by atoms with Gasteiger partial charge < -0.3 is 18.0 Å². The number of rotatable bonds is 6. The molecule has 14 heavy (non-hydrogen) atoms. The van der Waals surface area contributed by atoms with Gasteiger partial charge in [0, 0.05) is 21.3 Å². The van der Waals surface area contributed by atoms with Crippen LogP contribution in [0.4, 0.5) is 0 Å². The molecule has 0 aliphatic carbocycles. The Hall–Kier alpha value is -0.363. The number of hydrogen-bond acceptors (Lipinski definition) is 4. The first-order valence-corrected chi connectivity index (χ1v) is 6.27. The molecule has 0 bridgehead atoms. The third kappa shape index (κ3) is 3.41. The van der Waals surface area contributed by atoms with E-state index in [0.717, 1.165) is 5.57 Å². The van der Waals surface area contributed by atoms with Gasteiger partial charge in [0.2, 0.25) is 0 Å². The van der Waals surface area contributed by atoms with Gasteiger partial charge in [-0.3, -0.25) is 0 Å². The van der Waals surface area contributed by atoms with Crippen LogP contribution in [0, 0.1) is 0 Å². The first kappa shape index (κ1) is 13.6. The monoisotopic (exact) mass is 220 g/mol. The molecule has 0 fully saturated rings. The van der Waals surface area contributed by atoms with Gasteiger partial charge in [-0.15, -0.1) is 0 Å². The number of allylic oxidation sites excluding steroid dienone is 1. The summed E-state index contributed by atoms with van der Waals surface area (Å²) in [6, 6.07) is 0. The second-order valence-electron chi connectivity index (χ2n) is 3.19. The topological polar surface area (TPSA) is 36.9 Å². The molecule has 0 spiro atoms. The van der Waals surface area contributed by atoms with Crippen molar-refractivity contribution < 1.29 is 18.0 Å². The fraction of sp³-hybridized carbons (Fsp3) is 0.778. The maximum atomic E-state index is 5.47. The van der Waals surface area contributed by atoms with E-state index in [4.69, 9.17) is 18.0 Å². The third-order valence-electron chi connectivity index (χ3n) is 1.86. The Morgan fingerprint density at radius 1 is 1.07 bits per heavy atom. The van der Waals surface area contributed by atoms with Crippen molar-refractivity contribution in [3.63, 3.8) is 0 Å². The van der Waals surface area contributed by atoms with Gasteiger partial charge in [0.25, 0.3) is 0 Å². The van der Waals surface area contributed by atoms with Crippen molar-refractivity contribution >= 4 is 8.80 Å². The minimum Gasteiger partial charge on any atom is -0.494 e. The molecular formula is C9H20O4Si. The van der Waals surface area contributed by atoms with Gasteiger partial charge >= 0.3 is 8.80 Å². The first-order valence-electron chi connectivity index (χ1n) is 4.46. The minimum atomic E-state index is -2.65. The lowest BCUT2D eigenvalue weighted by Gasteiger charge is -2.29. The predicted octanol–water partition coefficient (Wildman–Crippen LogP) is 1.73. The van der Waals surface area contributed by atoms with Crippen molar-refractivity contribution in [3.05, 3.63) is 11.8 Å². The molecular weight excluding hydrogens is 200 g/mol. The van der Waals surface area contributed by atoms with Crippen molar-refractivity contribution in [1.29, 1.82) is 0 Å². The smallest absolute Gasteiger partial charge is 0.494 e. The lowest BCUT2D eigenvalue weighted by Crippen LogP contribution is -2.53. The van der Waals surface area contributed by atoms with Crippen molar-refractivity contribution in [2.75, 3.05) is 21.3 Å². The zero-order valence-electron chi connectivity index (χ0n) is 9.79. The standard InChI is InChI=1S/C9H20O4Si/c1-8(2)7-13-9(3)14(10-4,11-5)12-6/h7,9H,1-6H3. The third-order valence-corrected chi connectivity index (χ3v) is 4.70. The average molecular weight is 220 g/mol. The lowest BCUT2D eigenvalue weighted by molar-refractivity contribution is 0.0575. The molecule has 4 nitrogen and oxygen atoms in total. The minimum absolute atomic E-state index is 0.211. The fourth-order valence-corrected chi connectivity index (χ4v) is 2.80. The van der Waals surface area contributed by atoms with Crippen molar-refractivity contribution in [2.45, 2.75) is 26.5 Å². The highest BCUT2D eigenvalue weighted by Crippen LogP contribution is 2.15. The van der Waals surface area contributed by atoms with E-state index in [0.29, 0.717) is 0 Å². The van der Waals surface area contributed by atoms with E-state index in [1.54, 1.807) is 27.6 Å². The maximum absolute atomic E-state index is 5.47. The Morgan fingerprint density at radius 3 is 1.79 bits per heavy atom.